The smallest absolute Gasteiger partial charge is 0.306 e. The molecule has 0 aromatic heterocycles. The fourth-order valence-electron chi connectivity index (χ4n) is 3.40. The molecule has 3 heteroatoms. The maximum atomic E-state index is 11.2. The van der Waals surface area contributed by atoms with Gasteiger partial charge in [0.2, 0.25) is 0 Å². The van der Waals surface area contributed by atoms with Crippen LogP contribution in [0.5, 0.6) is 0 Å². The lowest BCUT2D eigenvalue weighted by Gasteiger charge is -2.25. The van der Waals surface area contributed by atoms with Crippen LogP contribution in [-0.4, -0.2) is 13.1 Å². The topological polar surface area (TPSA) is 52.3 Å². The van der Waals surface area contributed by atoms with Crippen LogP contribution in [-0.2, 0) is 14.9 Å². The van der Waals surface area contributed by atoms with Gasteiger partial charge in [0, 0.05) is 11.1 Å². The van der Waals surface area contributed by atoms with Crippen molar-refractivity contribution in [1.82, 2.24) is 0 Å². The Balaban J connectivity index is -0.000000415. The number of hydrogen-bond acceptors (Lipinski definition) is 3. The maximum absolute atomic E-state index is 11.2. The van der Waals surface area contributed by atoms with Crippen molar-refractivity contribution in [1.29, 1.82) is 0 Å². The molecule has 0 heterocycles. The van der Waals surface area contributed by atoms with Gasteiger partial charge < -0.3 is 10.5 Å². The number of hydrogen-bond donors (Lipinski definition) is 1. The van der Waals surface area contributed by atoms with Gasteiger partial charge in [0.05, 0.1) is 13.5 Å². The molecule has 1 aromatic carbocycles. The third kappa shape index (κ3) is 15.3. The van der Waals surface area contributed by atoms with Gasteiger partial charge in [-0.2, -0.15) is 0 Å². The van der Waals surface area contributed by atoms with Crippen LogP contribution in [0.3, 0.4) is 0 Å². The van der Waals surface area contributed by atoms with E-state index in [1.165, 1.54) is 39.2 Å². The highest BCUT2D eigenvalue weighted by atomic mass is 16.5. The minimum atomic E-state index is -0.221. The molecule has 2 unspecified atom stereocenters. The largest absolute Gasteiger partial charge is 0.469 e. The Labute approximate surface area is 189 Å². The first-order valence-electron chi connectivity index (χ1n) is 12.2. The average Bonchev–Trinajstić information content (AvgIpc) is 2.78. The molecule has 2 N–H and O–H groups in total. The van der Waals surface area contributed by atoms with Gasteiger partial charge in [0.1, 0.15) is 0 Å². The second-order valence-electron chi connectivity index (χ2n) is 7.80. The van der Waals surface area contributed by atoms with Crippen molar-refractivity contribution in [3.63, 3.8) is 0 Å². The average molecular weight is 424 g/mol. The SMILES string of the molecule is CC.CC.CC.CCC1CCCC(C)C1.COC(=O)CC(C)(C)c1ccc(N)cc1. The number of nitrogens with two attached hydrogens (primary N) is 1. The van der Waals surface area contributed by atoms with Crippen molar-refractivity contribution < 1.29 is 9.53 Å². The Bertz CT molecular complexity index is 494. The van der Waals surface area contributed by atoms with E-state index in [9.17, 15) is 4.79 Å². The third-order valence-electron chi connectivity index (χ3n) is 5.13. The summed E-state index contributed by atoms with van der Waals surface area (Å²) in [7, 11) is 1.40. The number of methoxy groups -OCH3 is 1. The summed E-state index contributed by atoms with van der Waals surface area (Å²) >= 11 is 0. The fourth-order valence-corrected chi connectivity index (χ4v) is 3.40. The molecule has 1 aliphatic rings. The molecule has 0 aliphatic heterocycles. The van der Waals surface area contributed by atoms with Crippen LogP contribution in [0.15, 0.2) is 24.3 Å². The van der Waals surface area contributed by atoms with Crippen LogP contribution in [0, 0.1) is 11.8 Å². The summed E-state index contributed by atoms with van der Waals surface area (Å²) in [4.78, 5) is 11.2. The summed E-state index contributed by atoms with van der Waals surface area (Å²) < 4.78 is 4.67. The number of nitrogen functional groups attached to an aromatic ring is 1. The number of esters is 1. The Morgan fingerprint density at radius 1 is 1.03 bits per heavy atom. The lowest BCUT2D eigenvalue weighted by Crippen LogP contribution is -2.22. The minimum Gasteiger partial charge on any atom is -0.469 e. The van der Waals surface area contributed by atoms with E-state index in [1.54, 1.807) is 0 Å². The number of rotatable bonds is 4. The highest BCUT2D eigenvalue weighted by Crippen LogP contribution is 2.30. The van der Waals surface area contributed by atoms with Crippen molar-refractivity contribution >= 4 is 11.7 Å². The van der Waals surface area contributed by atoms with E-state index in [2.05, 4.69) is 18.6 Å². The predicted octanol–water partition coefficient (Wildman–Crippen LogP) is 8.41. The Morgan fingerprint density at radius 2 is 1.53 bits per heavy atom. The molecule has 1 saturated carbocycles. The van der Waals surface area contributed by atoms with Gasteiger partial charge in [-0.15, -0.1) is 0 Å². The number of carbonyl (C=O) groups excluding carboxylic acids is 1. The van der Waals surface area contributed by atoms with E-state index in [-0.39, 0.29) is 11.4 Å². The van der Waals surface area contributed by atoms with E-state index in [1.807, 2.05) is 79.7 Å². The van der Waals surface area contributed by atoms with Crippen LogP contribution >= 0.6 is 0 Å². The monoisotopic (exact) mass is 423 g/mol. The van der Waals surface area contributed by atoms with Crippen molar-refractivity contribution in [2.45, 2.75) is 113 Å². The number of anilines is 1. The van der Waals surface area contributed by atoms with Crippen molar-refractivity contribution in [3.05, 3.63) is 29.8 Å². The van der Waals surface area contributed by atoms with Gasteiger partial charge in [0.25, 0.3) is 0 Å². The standard InChI is InChI=1S/C12H17NO2.C9H18.3C2H6/c1-12(2,8-11(14)15-3)9-4-6-10(13)7-5-9;1-3-9-6-4-5-8(2)7-9;3*1-2/h4-7H,8,13H2,1-3H3;8-9H,3-7H2,1-2H3;3*1-2H3. The van der Waals surface area contributed by atoms with Crippen molar-refractivity contribution in [3.8, 4) is 0 Å². The summed E-state index contributed by atoms with van der Waals surface area (Å²) in [5, 5.41) is 0. The van der Waals surface area contributed by atoms with Gasteiger partial charge in [-0.05, 0) is 36.0 Å². The number of ether oxygens (including phenoxy) is 1. The van der Waals surface area contributed by atoms with E-state index in [4.69, 9.17) is 5.73 Å². The van der Waals surface area contributed by atoms with Crippen LogP contribution in [0.1, 0.15) is 113 Å². The minimum absolute atomic E-state index is 0.197. The van der Waals surface area contributed by atoms with Crippen LogP contribution in [0.4, 0.5) is 5.69 Å². The highest BCUT2D eigenvalue weighted by molar-refractivity contribution is 5.71. The van der Waals surface area contributed by atoms with Crippen LogP contribution in [0.25, 0.3) is 0 Å². The lowest BCUT2D eigenvalue weighted by atomic mass is 9.81. The molecule has 1 aliphatic carbocycles. The molecule has 2 atom stereocenters. The molecule has 0 saturated heterocycles. The van der Waals surface area contributed by atoms with Crippen LogP contribution in [0.2, 0.25) is 0 Å². The zero-order valence-electron chi connectivity index (χ0n) is 22.1. The van der Waals surface area contributed by atoms with Gasteiger partial charge in [-0.1, -0.05) is 107 Å². The molecular weight excluding hydrogens is 370 g/mol. The fraction of sp³-hybridized carbons (Fsp3) is 0.741. The molecule has 0 amide bonds. The Kier molecular flexibility index (Phi) is 22.9. The molecule has 3 nitrogen and oxygen atoms in total. The van der Waals surface area contributed by atoms with Gasteiger partial charge in [-0.3, -0.25) is 4.79 Å². The third-order valence-corrected chi connectivity index (χ3v) is 5.13. The van der Waals surface area contributed by atoms with Gasteiger partial charge in [-0.25, -0.2) is 0 Å². The quantitative estimate of drug-likeness (QED) is 0.390. The zero-order valence-corrected chi connectivity index (χ0v) is 22.1. The summed E-state index contributed by atoms with van der Waals surface area (Å²) in [6.45, 7) is 20.7. The summed E-state index contributed by atoms with van der Waals surface area (Å²) in [6, 6.07) is 7.57. The number of carbonyl (C=O) groups is 1. The number of benzene rings is 1. The molecule has 0 radical (unpaired) electrons. The summed E-state index contributed by atoms with van der Waals surface area (Å²) in [5.41, 5.74) is 7.20. The highest BCUT2D eigenvalue weighted by Gasteiger charge is 2.24. The zero-order chi connectivity index (χ0) is 24.2. The molecule has 2 rings (SSSR count). The molecule has 30 heavy (non-hydrogen) atoms. The first kappa shape index (κ1) is 33.1. The molecular formula is C27H53NO2. The van der Waals surface area contributed by atoms with E-state index in [0.29, 0.717) is 6.42 Å². The Morgan fingerprint density at radius 3 is 1.90 bits per heavy atom. The second kappa shape index (κ2) is 20.8. The summed E-state index contributed by atoms with van der Waals surface area (Å²) in [6.07, 6.45) is 7.74. The normalized spacial score (nSPS) is 17.2. The molecule has 1 aromatic rings. The van der Waals surface area contributed by atoms with Crippen molar-refractivity contribution in [2.24, 2.45) is 11.8 Å². The maximum Gasteiger partial charge on any atom is 0.306 e. The van der Waals surface area contributed by atoms with Gasteiger partial charge >= 0.3 is 5.97 Å². The van der Waals surface area contributed by atoms with Crippen LogP contribution < -0.4 is 5.73 Å². The first-order chi connectivity index (χ1) is 14.3. The van der Waals surface area contributed by atoms with Gasteiger partial charge in [0.15, 0.2) is 0 Å². The predicted molar refractivity (Wildman–Crippen MR) is 136 cm³/mol. The second-order valence-corrected chi connectivity index (χ2v) is 7.80. The molecule has 1 fully saturated rings. The van der Waals surface area contributed by atoms with E-state index < -0.39 is 0 Å². The molecule has 178 valence electrons. The summed E-state index contributed by atoms with van der Waals surface area (Å²) in [5.74, 6) is 1.88. The van der Waals surface area contributed by atoms with E-state index in [0.717, 1.165) is 23.1 Å². The van der Waals surface area contributed by atoms with Crippen molar-refractivity contribution in [2.75, 3.05) is 12.8 Å². The molecule has 0 bridgehead atoms. The first-order valence-corrected chi connectivity index (χ1v) is 12.2. The molecule has 0 spiro atoms. The lowest BCUT2D eigenvalue weighted by molar-refractivity contribution is -0.141. The Hall–Kier alpha value is -1.51. The van der Waals surface area contributed by atoms with E-state index >= 15 is 0 Å².